The van der Waals surface area contributed by atoms with E-state index in [2.05, 4.69) is 22.0 Å². The maximum absolute atomic E-state index is 12.2. The Morgan fingerprint density at radius 1 is 0.963 bits per heavy atom. The van der Waals surface area contributed by atoms with Gasteiger partial charge in [0.05, 0.1) is 10.9 Å². The van der Waals surface area contributed by atoms with Crippen molar-refractivity contribution in [2.45, 2.75) is 13.0 Å². The second kappa shape index (κ2) is 9.93. The Morgan fingerprint density at radius 3 is 2.63 bits per heavy atom. The van der Waals surface area contributed by atoms with Crippen molar-refractivity contribution in [3.8, 4) is 11.5 Å². The van der Waals surface area contributed by atoms with E-state index < -0.39 is 0 Å². The summed E-state index contributed by atoms with van der Waals surface area (Å²) >= 11 is 3.24. The zero-order valence-electron chi connectivity index (χ0n) is 14.9. The Labute approximate surface area is 168 Å². The summed E-state index contributed by atoms with van der Waals surface area (Å²) in [5.74, 6) is 1.20. The van der Waals surface area contributed by atoms with Gasteiger partial charge in [-0.15, -0.1) is 0 Å². The van der Waals surface area contributed by atoms with Gasteiger partial charge in [0.15, 0.2) is 5.78 Å². The van der Waals surface area contributed by atoms with Gasteiger partial charge in [0.25, 0.3) is 0 Å². The van der Waals surface area contributed by atoms with Crippen LogP contribution in [0.15, 0.2) is 84.5 Å². The Morgan fingerprint density at radius 2 is 1.81 bits per heavy atom. The van der Waals surface area contributed by atoms with Gasteiger partial charge in [-0.2, -0.15) is 0 Å². The normalized spacial score (nSPS) is 13.0. The number of benzene rings is 2. The van der Waals surface area contributed by atoms with Gasteiger partial charge >= 0.3 is 0 Å². The summed E-state index contributed by atoms with van der Waals surface area (Å²) in [6, 6.07) is 15.3. The highest BCUT2D eigenvalue weighted by molar-refractivity contribution is 9.09. The molecule has 0 radical (unpaired) electrons. The van der Waals surface area contributed by atoms with Gasteiger partial charge in [-0.05, 0) is 29.7 Å². The summed E-state index contributed by atoms with van der Waals surface area (Å²) in [5.41, 5.74) is 2.79. The zero-order valence-corrected chi connectivity index (χ0v) is 16.5. The maximum Gasteiger partial charge on any atom is 0.177 e. The number of hydrogen-bond acceptors (Lipinski definition) is 3. The van der Waals surface area contributed by atoms with E-state index in [1.165, 1.54) is 0 Å². The minimum Gasteiger partial charge on any atom is -0.489 e. The molecule has 0 unspecified atom stereocenters. The van der Waals surface area contributed by atoms with Crippen LogP contribution in [-0.2, 0) is 6.61 Å². The summed E-state index contributed by atoms with van der Waals surface area (Å²) < 4.78 is 11.9. The molecule has 0 aromatic heterocycles. The molecular weight excluding hydrogens is 404 g/mol. The van der Waals surface area contributed by atoms with E-state index >= 15 is 0 Å². The zero-order chi connectivity index (χ0) is 18.9. The van der Waals surface area contributed by atoms with Crippen LogP contribution in [0.1, 0.15) is 22.3 Å². The molecule has 0 saturated carbocycles. The van der Waals surface area contributed by atoms with Crippen LogP contribution in [0, 0.1) is 0 Å². The first-order chi connectivity index (χ1) is 13.3. The van der Waals surface area contributed by atoms with Crippen molar-refractivity contribution in [2.24, 2.45) is 0 Å². The van der Waals surface area contributed by atoms with Gasteiger partial charge in [-0.25, -0.2) is 0 Å². The van der Waals surface area contributed by atoms with Gasteiger partial charge in [0.2, 0.25) is 0 Å². The summed E-state index contributed by atoms with van der Waals surface area (Å²) in [5, 5.41) is 0.252. The van der Waals surface area contributed by atoms with Crippen molar-refractivity contribution in [3.05, 3.63) is 95.6 Å². The van der Waals surface area contributed by atoms with Crippen molar-refractivity contribution in [2.75, 3.05) is 11.9 Å². The summed E-state index contributed by atoms with van der Waals surface area (Å²) in [6.45, 7) is 0.895. The fourth-order valence-corrected chi connectivity index (χ4v) is 2.96. The fraction of sp³-hybridized carbons (Fsp3) is 0.174. The average molecular weight is 425 g/mol. The van der Waals surface area contributed by atoms with Crippen LogP contribution in [-0.4, -0.2) is 17.7 Å². The molecule has 2 aromatic carbocycles. The van der Waals surface area contributed by atoms with E-state index in [0.29, 0.717) is 30.3 Å². The third-order valence-corrected chi connectivity index (χ3v) is 4.62. The lowest BCUT2D eigenvalue weighted by molar-refractivity contribution is 0.102. The molecule has 0 aliphatic heterocycles. The van der Waals surface area contributed by atoms with E-state index in [-0.39, 0.29) is 11.1 Å². The minimum absolute atomic E-state index is 0.0192. The Bertz CT molecular complexity index is 866. The lowest BCUT2D eigenvalue weighted by Gasteiger charge is -2.14. The molecule has 2 aromatic rings. The monoisotopic (exact) mass is 424 g/mol. The first-order valence-corrected chi connectivity index (χ1v) is 9.92. The number of allylic oxidation sites excluding steroid dienone is 5. The molecule has 4 heteroatoms. The minimum atomic E-state index is -0.0192. The van der Waals surface area contributed by atoms with Crippen molar-refractivity contribution < 1.29 is 14.3 Å². The van der Waals surface area contributed by atoms with Crippen molar-refractivity contribution in [3.63, 3.8) is 0 Å². The molecule has 27 heavy (non-hydrogen) atoms. The molecule has 0 heterocycles. The van der Waals surface area contributed by atoms with Crippen molar-refractivity contribution in [1.82, 2.24) is 0 Å². The van der Waals surface area contributed by atoms with E-state index in [0.717, 1.165) is 17.6 Å². The average Bonchev–Trinajstić information content (AvgIpc) is 3.00. The number of ether oxygens (including phenoxy) is 2. The van der Waals surface area contributed by atoms with E-state index in [1.54, 1.807) is 12.1 Å². The summed E-state index contributed by atoms with van der Waals surface area (Å²) in [4.78, 5) is 12.2. The fourth-order valence-electron chi connectivity index (χ4n) is 2.65. The molecule has 1 aliphatic carbocycles. The first-order valence-electron chi connectivity index (χ1n) is 8.80. The molecule has 0 N–H and O–H groups in total. The van der Waals surface area contributed by atoms with Crippen LogP contribution in [0.5, 0.6) is 11.5 Å². The second-order valence-electron chi connectivity index (χ2n) is 6.12. The van der Waals surface area contributed by atoms with Gasteiger partial charge in [0.1, 0.15) is 24.7 Å². The number of carbonyl (C=O) groups is 1. The summed E-state index contributed by atoms with van der Waals surface area (Å²) in [6.07, 6.45) is 11.0. The van der Waals surface area contributed by atoms with Crippen LogP contribution in [0.25, 0.3) is 0 Å². The molecule has 0 bridgehead atoms. The number of rotatable bonds is 8. The van der Waals surface area contributed by atoms with Gasteiger partial charge in [0, 0.05) is 6.07 Å². The van der Waals surface area contributed by atoms with Crippen LogP contribution in [0.3, 0.4) is 0 Å². The largest absolute Gasteiger partial charge is 0.489 e. The van der Waals surface area contributed by atoms with Crippen LogP contribution in [0.2, 0.25) is 0 Å². The number of halogens is 1. The summed E-state index contributed by atoms with van der Waals surface area (Å²) in [7, 11) is 0. The van der Waals surface area contributed by atoms with E-state index in [1.807, 2.05) is 60.7 Å². The third kappa shape index (κ3) is 5.69. The predicted molar refractivity (Wildman–Crippen MR) is 112 cm³/mol. The molecule has 3 nitrogen and oxygen atoms in total. The van der Waals surface area contributed by atoms with Crippen LogP contribution < -0.4 is 9.47 Å². The van der Waals surface area contributed by atoms with E-state index in [4.69, 9.17) is 9.47 Å². The predicted octanol–water partition coefficient (Wildman–Crippen LogP) is 5.66. The highest BCUT2D eigenvalue weighted by atomic mass is 79.9. The first kappa shape index (κ1) is 19.2. The molecule has 0 saturated heterocycles. The highest BCUT2D eigenvalue weighted by Crippen LogP contribution is 2.27. The SMILES string of the molecule is O=C(CBr)c1ccc(OCc2ccccc2)cc1OCC1=CC=CC=CC1. The van der Waals surface area contributed by atoms with Crippen LogP contribution in [0.4, 0.5) is 0 Å². The molecular formula is C23H21BrO3. The second-order valence-corrected chi connectivity index (χ2v) is 6.68. The Hall–Kier alpha value is -2.59. The number of carbonyl (C=O) groups excluding carboxylic acids is 1. The number of ketones is 1. The molecule has 0 amide bonds. The van der Waals surface area contributed by atoms with E-state index in [9.17, 15) is 4.79 Å². The lowest BCUT2D eigenvalue weighted by Crippen LogP contribution is -2.08. The maximum atomic E-state index is 12.2. The number of alkyl halides is 1. The molecule has 0 atom stereocenters. The van der Waals surface area contributed by atoms with Crippen LogP contribution >= 0.6 is 15.9 Å². The van der Waals surface area contributed by atoms with Gasteiger partial charge in [-0.1, -0.05) is 76.6 Å². The van der Waals surface area contributed by atoms with Crippen molar-refractivity contribution >= 4 is 21.7 Å². The quantitative estimate of drug-likeness (QED) is 0.404. The lowest BCUT2D eigenvalue weighted by atomic mass is 10.1. The molecule has 0 spiro atoms. The molecule has 3 rings (SSSR count). The number of hydrogen-bond donors (Lipinski definition) is 0. The van der Waals surface area contributed by atoms with Gasteiger partial charge in [-0.3, -0.25) is 4.79 Å². The topological polar surface area (TPSA) is 35.5 Å². The van der Waals surface area contributed by atoms with Crippen molar-refractivity contribution in [1.29, 1.82) is 0 Å². The number of Topliss-reactive ketones (excluding diaryl/α,β-unsaturated/α-hetero) is 1. The van der Waals surface area contributed by atoms with Gasteiger partial charge < -0.3 is 9.47 Å². The molecule has 138 valence electrons. The molecule has 0 fully saturated rings. The Kier molecular flexibility index (Phi) is 7.05. The standard InChI is InChI=1S/C23H21BrO3/c24-15-22(25)21-13-12-20(26-16-18-10-6-3-7-11-18)14-23(21)27-17-19-8-4-1-2-5-9-19/h1-8,10-14H,9,15-17H2. The third-order valence-electron chi connectivity index (χ3n) is 4.11. The molecule has 1 aliphatic rings. The smallest absolute Gasteiger partial charge is 0.177 e. The highest BCUT2D eigenvalue weighted by Gasteiger charge is 2.14. The Balaban J connectivity index is 1.74.